The third-order valence-electron chi connectivity index (χ3n) is 3.65. The van der Waals surface area contributed by atoms with Gasteiger partial charge >= 0.3 is 6.03 Å². The number of nitrogens with zero attached hydrogens (tertiary/aromatic N) is 1. The van der Waals surface area contributed by atoms with Gasteiger partial charge < -0.3 is 15.4 Å². The maximum Gasteiger partial charge on any atom is 0.314 e. The molecular weight excluding hydrogens is 298 g/mol. The fourth-order valence-corrected chi connectivity index (χ4v) is 3.15. The molecule has 2 heterocycles. The van der Waals surface area contributed by atoms with Gasteiger partial charge in [-0.2, -0.15) is 0 Å². The van der Waals surface area contributed by atoms with E-state index in [0.717, 1.165) is 17.2 Å². The Labute approximate surface area is 133 Å². The number of amides is 2. The second kappa shape index (κ2) is 6.79. The Morgan fingerprint density at radius 2 is 2.32 bits per heavy atom. The molecule has 0 bridgehead atoms. The molecular formula is C16H19N3O2S. The Morgan fingerprint density at radius 3 is 3.09 bits per heavy atom. The number of aromatic nitrogens is 1. The SMILES string of the molecule is CC(CNC(=O)NCC1Cc2ccccc2O1)c1nccs1. The fraction of sp³-hybridized carbons (Fsp3) is 0.375. The van der Waals surface area contributed by atoms with Gasteiger partial charge in [0, 0.05) is 30.5 Å². The van der Waals surface area contributed by atoms with Crippen molar-refractivity contribution in [2.75, 3.05) is 13.1 Å². The molecule has 1 aliphatic heterocycles. The molecule has 22 heavy (non-hydrogen) atoms. The van der Waals surface area contributed by atoms with Gasteiger partial charge in [-0.05, 0) is 11.6 Å². The summed E-state index contributed by atoms with van der Waals surface area (Å²) in [5.41, 5.74) is 1.20. The molecule has 1 aliphatic rings. The highest BCUT2D eigenvalue weighted by atomic mass is 32.1. The van der Waals surface area contributed by atoms with E-state index < -0.39 is 0 Å². The molecule has 1 aromatic carbocycles. The van der Waals surface area contributed by atoms with Crippen LogP contribution < -0.4 is 15.4 Å². The zero-order valence-corrected chi connectivity index (χ0v) is 13.2. The van der Waals surface area contributed by atoms with Gasteiger partial charge in [0.05, 0.1) is 11.6 Å². The van der Waals surface area contributed by atoms with Crippen molar-refractivity contribution in [1.29, 1.82) is 0 Å². The molecule has 1 aromatic heterocycles. The van der Waals surface area contributed by atoms with Gasteiger partial charge in [-0.25, -0.2) is 9.78 Å². The Kier molecular flexibility index (Phi) is 4.58. The number of hydrogen-bond donors (Lipinski definition) is 2. The van der Waals surface area contributed by atoms with Crippen molar-refractivity contribution < 1.29 is 9.53 Å². The molecule has 0 fully saturated rings. The first-order valence-corrected chi connectivity index (χ1v) is 8.26. The van der Waals surface area contributed by atoms with Crippen LogP contribution in [-0.4, -0.2) is 30.2 Å². The number of ether oxygens (including phenoxy) is 1. The average Bonchev–Trinajstić information content (AvgIpc) is 3.19. The van der Waals surface area contributed by atoms with E-state index in [9.17, 15) is 4.79 Å². The van der Waals surface area contributed by atoms with Gasteiger partial charge in [0.25, 0.3) is 0 Å². The molecule has 0 saturated heterocycles. The molecule has 0 aliphatic carbocycles. The summed E-state index contributed by atoms with van der Waals surface area (Å²) in [7, 11) is 0. The molecule has 0 spiro atoms. The smallest absolute Gasteiger partial charge is 0.314 e. The summed E-state index contributed by atoms with van der Waals surface area (Å²) in [6.07, 6.45) is 2.64. The molecule has 2 atom stereocenters. The summed E-state index contributed by atoms with van der Waals surface area (Å²) in [6, 6.07) is 7.82. The van der Waals surface area contributed by atoms with Crippen LogP contribution >= 0.6 is 11.3 Å². The molecule has 5 nitrogen and oxygen atoms in total. The molecule has 6 heteroatoms. The molecule has 2 amide bonds. The number of carbonyl (C=O) groups is 1. The zero-order chi connectivity index (χ0) is 15.4. The normalized spacial score (nSPS) is 17.4. The van der Waals surface area contributed by atoms with E-state index in [1.165, 1.54) is 5.56 Å². The van der Waals surface area contributed by atoms with E-state index >= 15 is 0 Å². The Balaban J connectivity index is 1.39. The second-order valence-electron chi connectivity index (χ2n) is 5.41. The first-order chi connectivity index (χ1) is 10.7. The van der Waals surface area contributed by atoms with Crippen LogP contribution in [0.4, 0.5) is 4.79 Å². The molecule has 0 saturated carbocycles. The lowest BCUT2D eigenvalue weighted by Gasteiger charge is -2.14. The Bertz CT molecular complexity index is 605. The number of fused-ring (bicyclic) bond motifs is 1. The zero-order valence-electron chi connectivity index (χ0n) is 12.4. The Morgan fingerprint density at radius 1 is 1.45 bits per heavy atom. The van der Waals surface area contributed by atoms with Crippen molar-refractivity contribution in [1.82, 2.24) is 15.6 Å². The number of urea groups is 1. The van der Waals surface area contributed by atoms with Crippen LogP contribution in [0.25, 0.3) is 0 Å². The lowest BCUT2D eigenvalue weighted by atomic mass is 10.1. The van der Waals surface area contributed by atoms with Gasteiger partial charge in [-0.15, -0.1) is 11.3 Å². The summed E-state index contributed by atoms with van der Waals surface area (Å²) in [6.45, 7) is 3.13. The van der Waals surface area contributed by atoms with Gasteiger partial charge in [-0.3, -0.25) is 0 Å². The second-order valence-corrected chi connectivity index (χ2v) is 6.34. The standard InChI is InChI=1S/C16H19N3O2S/c1-11(15-17-6-7-22-15)9-18-16(20)19-10-13-8-12-4-2-3-5-14(12)21-13/h2-7,11,13H,8-10H2,1H3,(H2,18,19,20). The minimum absolute atomic E-state index is 0.0135. The molecule has 0 radical (unpaired) electrons. The van der Waals surface area contributed by atoms with Gasteiger partial charge in [0.15, 0.2) is 0 Å². The largest absolute Gasteiger partial charge is 0.488 e. The number of nitrogens with one attached hydrogen (secondary N) is 2. The first kappa shape index (κ1) is 14.8. The number of hydrogen-bond acceptors (Lipinski definition) is 4. The topological polar surface area (TPSA) is 63.2 Å². The van der Waals surface area contributed by atoms with E-state index in [4.69, 9.17) is 4.74 Å². The highest BCUT2D eigenvalue weighted by Gasteiger charge is 2.22. The van der Waals surface area contributed by atoms with Gasteiger partial charge in [0.1, 0.15) is 11.9 Å². The van der Waals surface area contributed by atoms with Crippen molar-refractivity contribution in [2.45, 2.75) is 25.4 Å². The third-order valence-corrected chi connectivity index (χ3v) is 4.65. The van der Waals surface area contributed by atoms with Gasteiger partial charge in [-0.1, -0.05) is 25.1 Å². The minimum atomic E-state index is -0.164. The highest BCUT2D eigenvalue weighted by molar-refractivity contribution is 7.09. The predicted octanol–water partition coefficient (Wildman–Crippen LogP) is 2.55. The third kappa shape index (κ3) is 3.57. The van der Waals surface area contributed by atoms with E-state index in [1.807, 2.05) is 23.6 Å². The van der Waals surface area contributed by atoms with Crippen LogP contribution in [0.15, 0.2) is 35.8 Å². The van der Waals surface area contributed by atoms with Crippen molar-refractivity contribution in [2.24, 2.45) is 0 Å². The molecule has 2 unspecified atom stereocenters. The van der Waals surface area contributed by atoms with E-state index in [-0.39, 0.29) is 18.1 Å². The number of rotatable bonds is 5. The van der Waals surface area contributed by atoms with Crippen molar-refractivity contribution in [3.05, 3.63) is 46.4 Å². The van der Waals surface area contributed by atoms with E-state index in [2.05, 4.69) is 28.6 Å². The summed E-state index contributed by atoms with van der Waals surface area (Å²) >= 11 is 1.61. The van der Waals surface area contributed by atoms with E-state index in [0.29, 0.717) is 13.1 Å². The number of carbonyl (C=O) groups excluding carboxylic acids is 1. The monoisotopic (exact) mass is 317 g/mol. The van der Waals surface area contributed by atoms with Crippen LogP contribution in [0, 0.1) is 0 Å². The van der Waals surface area contributed by atoms with Gasteiger partial charge in [0.2, 0.25) is 0 Å². The van der Waals surface area contributed by atoms with Crippen LogP contribution in [-0.2, 0) is 6.42 Å². The number of para-hydroxylation sites is 1. The number of thiazole rings is 1. The highest BCUT2D eigenvalue weighted by Crippen LogP contribution is 2.27. The van der Waals surface area contributed by atoms with Crippen LogP contribution in [0.3, 0.4) is 0 Å². The van der Waals surface area contributed by atoms with Crippen LogP contribution in [0.5, 0.6) is 5.75 Å². The molecule has 2 N–H and O–H groups in total. The molecule has 2 aromatic rings. The summed E-state index contributed by atoms with van der Waals surface area (Å²) in [5.74, 6) is 1.14. The lowest BCUT2D eigenvalue weighted by molar-refractivity contribution is 0.213. The molecule has 3 rings (SSSR count). The summed E-state index contributed by atoms with van der Waals surface area (Å²) in [5, 5.41) is 8.73. The van der Waals surface area contributed by atoms with Crippen LogP contribution in [0.1, 0.15) is 23.4 Å². The van der Waals surface area contributed by atoms with Crippen LogP contribution in [0.2, 0.25) is 0 Å². The summed E-state index contributed by atoms with van der Waals surface area (Å²) < 4.78 is 5.79. The van der Waals surface area contributed by atoms with Crippen molar-refractivity contribution in [3.8, 4) is 5.75 Å². The van der Waals surface area contributed by atoms with Crippen molar-refractivity contribution >= 4 is 17.4 Å². The number of benzene rings is 1. The van der Waals surface area contributed by atoms with E-state index in [1.54, 1.807) is 17.5 Å². The maximum absolute atomic E-state index is 11.9. The lowest BCUT2D eigenvalue weighted by Crippen LogP contribution is -2.42. The van der Waals surface area contributed by atoms with Crippen molar-refractivity contribution in [3.63, 3.8) is 0 Å². The average molecular weight is 317 g/mol. The summed E-state index contributed by atoms with van der Waals surface area (Å²) in [4.78, 5) is 16.1. The Hall–Kier alpha value is -2.08. The minimum Gasteiger partial charge on any atom is -0.488 e. The fourth-order valence-electron chi connectivity index (χ4n) is 2.45. The molecule has 116 valence electrons. The quantitative estimate of drug-likeness (QED) is 0.891. The predicted molar refractivity (Wildman–Crippen MR) is 86.5 cm³/mol. The first-order valence-electron chi connectivity index (χ1n) is 7.38. The maximum atomic E-state index is 11.9.